The summed E-state index contributed by atoms with van der Waals surface area (Å²) < 4.78 is 0. The highest BCUT2D eigenvalue weighted by Crippen LogP contribution is 2.19. The van der Waals surface area contributed by atoms with Crippen LogP contribution in [0.15, 0.2) is 35.5 Å². The molecule has 0 radical (unpaired) electrons. The number of H-pyrrole nitrogens is 1. The maximum absolute atomic E-state index is 13.1. The number of carbonyl (C=O) groups is 4. The van der Waals surface area contributed by atoms with E-state index in [2.05, 4.69) is 25.9 Å². The molecular formula is C21H30N8O5. The first-order valence-electron chi connectivity index (χ1n) is 10.6. The molecule has 0 saturated heterocycles. The van der Waals surface area contributed by atoms with E-state index in [-0.39, 0.29) is 31.9 Å². The third-order valence-corrected chi connectivity index (χ3v) is 4.93. The molecule has 0 aliphatic heterocycles. The van der Waals surface area contributed by atoms with Crippen LogP contribution in [0.5, 0.6) is 0 Å². The summed E-state index contributed by atoms with van der Waals surface area (Å²) in [5.74, 6) is -3.19. The average Bonchev–Trinajstić information content (AvgIpc) is 3.21. The molecule has 11 N–H and O–H groups in total. The topological polar surface area (TPSA) is 231 Å². The summed E-state index contributed by atoms with van der Waals surface area (Å²) in [5, 5.41) is 17.1. The van der Waals surface area contributed by atoms with Crippen molar-refractivity contribution >= 4 is 40.6 Å². The highest BCUT2D eigenvalue weighted by Gasteiger charge is 2.27. The summed E-state index contributed by atoms with van der Waals surface area (Å²) in [7, 11) is 0. The minimum Gasteiger partial charge on any atom is -0.480 e. The molecular weight excluding hydrogens is 444 g/mol. The Bertz CT molecular complexity index is 1050. The zero-order chi connectivity index (χ0) is 25.1. The van der Waals surface area contributed by atoms with Crippen LogP contribution in [0.2, 0.25) is 0 Å². The lowest BCUT2D eigenvalue weighted by Gasteiger charge is -2.23. The Morgan fingerprint density at radius 1 is 1.06 bits per heavy atom. The van der Waals surface area contributed by atoms with Gasteiger partial charge in [0.25, 0.3) is 0 Å². The Hall–Kier alpha value is -4.13. The summed E-state index contributed by atoms with van der Waals surface area (Å²) >= 11 is 0. The molecule has 2 atom stereocenters. The third kappa shape index (κ3) is 8.09. The SMILES string of the molecule is NCC(=O)NC(Cc1c[nH]c2ccccc12)C(=O)NC(CCCN=C(N)N)C(=O)NCC(=O)O. The van der Waals surface area contributed by atoms with Gasteiger partial charge in [-0.2, -0.15) is 0 Å². The van der Waals surface area contributed by atoms with Gasteiger partial charge < -0.3 is 43.2 Å². The third-order valence-electron chi connectivity index (χ3n) is 4.93. The van der Waals surface area contributed by atoms with Gasteiger partial charge >= 0.3 is 5.97 Å². The van der Waals surface area contributed by atoms with E-state index in [1.165, 1.54) is 0 Å². The first kappa shape index (κ1) is 26.1. The number of nitrogens with one attached hydrogen (secondary N) is 4. The Balaban J connectivity index is 2.18. The van der Waals surface area contributed by atoms with Crippen LogP contribution in [0.3, 0.4) is 0 Å². The predicted molar refractivity (Wildman–Crippen MR) is 125 cm³/mol. The van der Waals surface area contributed by atoms with E-state index in [1.54, 1.807) is 6.20 Å². The molecule has 3 amide bonds. The van der Waals surface area contributed by atoms with Crippen molar-refractivity contribution in [1.29, 1.82) is 0 Å². The molecule has 0 aliphatic rings. The molecule has 1 heterocycles. The number of rotatable bonds is 13. The second kappa shape index (κ2) is 12.8. The Morgan fingerprint density at radius 3 is 2.47 bits per heavy atom. The number of aliphatic imine (C=N–C) groups is 1. The van der Waals surface area contributed by atoms with Crippen LogP contribution in [0.1, 0.15) is 18.4 Å². The van der Waals surface area contributed by atoms with Gasteiger partial charge in [-0.1, -0.05) is 18.2 Å². The van der Waals surface area contributed by atoms with Crippen LogP contribution in [0.4, 0.5) is 0 Å². The molecule has 1 aromatic carbocycles. The van der Waals surface area contributed by atoms with Gasteiger partial charge in [0.2, 0.25) is 17.7 Å². The smallest absolute Gasteiger partial charge is 0.322 e. The number of amides is 3. The predicted octanol–water partition coefficient (Wildman–Crippen LogP) is -2.11. The normalized spacial score (nSPS) is 12.4. The summed E-state index contributed by atoms with van der Waals surface area (Å²) in [5.41, 5.74) is 17.6. The fourth-order valence-corrected chi connectivity index (χ4v) is 3.31. The van der Waals surface area contributed by atoms with Gasteiger partial charge in [0.05, 0.1) is 6.54 Å². The summed E-state index contributed by atoms with van der Waals surface area (Å²) in [6.07, 6.45) is 2.36. The Morgan fingerprint density at radius 2 is 1.79 bits per heavy atom. The van der Waals surface area contributed by atoms with E-state index in [4.69, 9.17) is 22.3 Å². The van der Waals surface area contributed by atoms with Crippen molar-refractivity contribution in [2.75, 3.05) is 19.6 Å². The quantitative estimate of drug-likeness (QED) is 0.0907. The standard InChI is InChI=1S/C21H30N8O5/c22-9-17(30)28-16(8-12-10-26-14-5-2-1-4-13(12)14)20(34)29-15(6-3-7-25-21(23)24)19(33)27-11-18(31)32/h1-2,4-5,10,15-16,26H,3,6-9,11,22H2,(H,27,33)(H,28,30)(H,29,34)(H,31,32)(H4,23,24,25). The van der Waals surface area contributed by atoms with Crippen molar-refractivity contribution in [3.63, 3.8) is 0 Å². The maximum Gasteiger partial charge on any atom is 0.322 e. The van der Waals surface area contributed by atoms with E-state index in [0.717, 1.165) is 16.5 Å². The van der Waals surface area contributed by atoms with Crippen molar-refractivity contribution in [3.8, 4) is 0 Å². The summed E-state index contributed by atoms with van der Waals surface area (Å²) in [6, 6.07) is 5.39. The van der Waals surface area contributed by atoms with Crippen molar-refractivity contribution in [1.82, 2.24) is 20.9 Å². The number of carboxylic acid groups (broad SMARTS) is 1. The van der Waals surface area contributed by atoms with E-state index < -0.39 is 42.3 Å². The molecule has 0 bridgehead atoms. The van der Waals surface area contributed by atoms with E-state index >= 15 is 0 Å². The van der Waals surface area contributed by atoms with Gasteiger partial charge in [-0.15, -0.1) is 0 Å². The number of benzene rings is 1. The molecule has 2 aromatic rings. The minimum atomic E-state index is -1.23. The van der Waals surface area contributed by atoms with Crippen molar-refractivity contribution < 1.29 is 24.3 Å². The molecule has 34 heavy (non-hydrogen) atoms. The molecule has 13 nitrogen and oxygen atoms in total. The zero-order valence-corrected chi connectivity index (χ0v) is 18.5. The number of hydrogen-bond acceptors (Lipinski definition) is 6. The lowest BCUT2D eigenvalue weighted by Crippen LogP contribution is -2.55. The summed E-state index contributed by atoms with van der Waals surface area (Å²) in [4.78, 5) is 55.4. The minimum absolute atomic E-state index is 0.112. The van der Waals surface area contributed by atoms with E-state index in [1.807, 2.05) is 24.3 Å². The highest BCUT2D eigenvalue weighted by atomic mass is 16.4. The van der Waals surface area contributed by atoms with Crippen LogP contribution in [0, 0.1) is 0 Å². The number of para-hydroxylation sites is 1. The van der Waals surface area contributed by atoms with Gasteiger partial charge in [0.1, 0.15) is 18.6 Å². The second-order valence-electron chi connectivity index (χ2n) is 7.51. The average molecular weight is 475 g/mol. The van der Waals surface area contributed by atoms with Crippen LogP contribution in [0.25, 0.3) is 10.9 Å². The van der Waals surface area contributed by atoms with Crippen molar-refractivity contribution in [3.05, 3.63) is 36.0 Å². The van der Waals surface area contributed by atoms with Gasteiger partial charge in [-0.25, -0.2) is 0 Å². The Kier molecular flexibility index (Phi) is 9.83. The van der Waals surface area contributed by atoms with Gasteiger partial charge in [0.15, 0.2) is 5.96 Å². The van der Waals surface area contributed by atoms with Crippen LogP contribution in [-0.4, -0.2) is 71.5 Å². The molecule has 13 heteroatoms. The molecule has 0 spiro atoms. The molecule has 0 fully saturated rings. The lowest BCUT2D eigenvalue weighted by atomic mass is 10.0. The van der Waals surface area contributed by atoms with Crippen LogP contribution in [-0.2, 0) is 25.6 Å². The number of nitrogens with zero attached hydrogens (tertiary/aromatic N) is 1. The number of hydrogen-bond donors (Lipinski definition) is 8. The number of fused-ring (bicyclic) bond motifs is 1. The van der Waals surface area contributed by atoms with Gasteiger partial charge in [-0.05, 0) is 24.5 Å². The van der Waals surface area contributed by atoms with Crippen LogP contribution >= 0.6 is 0 Å². The number of nitrogens with two attached hydrogens (primary N) is 3. The van der Waals surface area contributed by atoms with E-state index in [0.29, 0.717) is 6.42 Å². The number of aliphatic carboxylic acids is 1. The molecule has 1 aromatic heterocycles. The molecule has 2 rings (SSSR count). The largest absolute Gasteiger partial charge is 0.480 e. The lowest BCUT2D eigenvalue weighted by molar-refractivity contribution is -0.138. The zero-order valence-electron chi connectivity index (χ0n) is 18.5. The van der Waals surface area contributed by atoms with Crippen molar-refractivity contribution in [2.45, 2.75) is 31.3 Å². The van der Waals surface area contributed by atoms with E-state index in [9.17, 15) is 19.2 Å². The molecule has 0 aliphatic carbocycles. The first-order chi connectivity index (χ1) is 16.2. The molecule has 184 valence electrons. The summed E-state index contributed by atoms with van der Waals surface area (Å²) in [6.45, 7) is -0.718. The van der Waals surface area contributed by atoms with Gasteiger partial charge in [0, 0.05) is 30.1 Å². The highest BCUT2D eigenvalue weighted by molar-refractivity contribution is 5.94. The van der Waals surface area contributed by atoms with Crippen molar-refractivity contribution in [2.24, 2.45) is 22.2 Å². The van der Waals surface area contributed by atoms with Gasteiger partial charge in [-0.3, -0.25) is 24.2 Å². The fourth-order valence-electron chi connectivity index (χ4n) is 3.31. The number of aromatic amines is 1. The second-order valence-corrected chi connectivity index (χ2v) is 7.51. The number of aromatic nitrogens is 1. The maximum atomic E-state index is 13.1. The number of carboxylic acids is 1. The first-order valence-corrected chi connectivity index (χ1v) is 10.6. The monoisotopic (exact) mass is 474 g/mol. The Labute approximate surface area is 195 Å². The molecule has 2 unspecified atom stereocenters. The fraction of sp³-hybridized carbons (Fsp3) is 0.381. The number of carbonyl (C=O) groups excluding carboxylic acids is 3. The number of guanidine groups is 1. The molecule has 0 saturated carbocycles. The van der Waals surface area contributed by atoms with Crippen LogP contribution < -0.4 is 33.2 Å².